The number of nitrogens with zero attached hydrogens (tertiary/aromatic N) is 3. The maximum absolute atomic E-state index is 10.7. The summed E-state index contributed by atoms with van der Waals surface area (Å²) >= 11 is 1.21. The fourth-order valence-corrected chi connectivity index (χ4v) is 2.47. The average Bonchev–Trinajstić information content (AvgIpc) is 2.87. The van der Waals surface area contributed by atoms with Gasteiger partial charge >= 0.3 is 5.97 Å². The number of benzene rings is 1. The highest BCUT2D eigenvalue weighted by atomic mass is 32.2. The second-order valence-corrected chi connectivity index (χ2v) is 5.04. The minimum atomic E-state index is -0.871. The molecule has 0 atom stereocenters. The summed E-state index contributed by atoms with van der Waals surface area (Å²) in [5, 5.41) is 22.6. The van der Waals surface area contributed by atoms with Crippen LogP contribution in [-0.4, -0.2) is 26.6 Å². The lowest BCUT2D eigenvalue weighted by Crippen LogP contribution is -2.04. The van der Waals surface area contributed by atoms with Crippen molar-refractivity contribution in [1.29, 1.82) is 5.26 Å². The summed E-state index contributed by atoms with van der Waals surface area (Å²) in [7, 11) is 0. The average molecular weight is 287 g/mol. The Bertz CT molecular complexity index is 632. The quantitative estimate of drug-likeness (QED) is 0.826. The predicted molar refractivity (Wildman–Crippen MR) is 76.3 cm³/mol. The number of carbonyl (C=O) groups is 1. The SMILES string of the molecule is N#CCCn1nc(-c2ccccc2)cc1SCC(=O)O. The molecule has 1 N–H and O–H groups in total. The van der Waals surface area contributed by atoms with Crippen molar-refractivity contribution < 1.29 is 9.90 Å². The molecule has 2 rings (SSSR count). The van der Waals surface area contributed by atoms with Crippen molar-refractivity contribution in [2.45, 2.75) is 18.0 Å². The van der Waals surface area contributed by atoms with Crippen molar-refractivity contribution in [3.63, 3.8) is 0 Å². The Morgan fingerprint density at radius 3 is 2.80 bits per heavy atom. The topological polar surface area (TPSA) is 78.9 Å². The standard InChI is InChI=1S/C14H13N3O2S/c15-7-4-8-17-13(20-10-14(18)19)9-12(16-17)11-5-2-1-3-6-11/h1-3,5-6,9H,4,8,10H2,(H,18,19). The molecule has 0 bridgehead atoms. The molecule has 20 heavy (non-hydrogen) atoms. The molecule has 6 heteroatoms. The Kier molecular flexibility index (Phi) is 4.80. The van der Waals surface area contributed by atoms with E-state index in [9.17, 15) is 4.79 Å². The number of carboxylic acids is 1. The third kappa shape index (κ3) is 3.62. The molecule has 0 aliphatic heterocycles. The van der Waals surface area contributed by atoms with E-state index in [1.54, 1.807) is 4.68 Å². The lowest BCUT2D eigenvalue weighted by atomic mass is 10.2. The summed E-state index contributed by atoms with van der Waals surface area (Å²) in [5.41, 5.74) is 1.76. The van der Waals surface area contributed by atoms with Gasteiger partial charge in [0.2, 0.25) is 0 Å². The smallest absolute Gasteiger partial charge is 0.313 e. The van der Waals surface area contributed by atoms with Gasteiger partial charge in [-0.1, -0.05) is 42.1 Å². The molecule has 0 aliphatic rings. The molecule has 0 saturated carbocycles. The number of hydrogen-bond donors (Lipinski definition) is 1. The Morgan fingerprint density at radius 2 is 2.15 bits per heavy atom. The molecule has 0 radical (unpaired) electrons. The van der Waals surface area contributed by atoms with Gasteiger partial charge in [0.05, 0.1) is 35.5 Å². The highest BCUT2D eigenvalue weighted by Crippen LogP contribution is 2.25. The fraction of sp³-hybridized carbons (Fsp3) is 0.214. The van der Waals surface area contributed by atoms with Crippen LogP contribution in [0.5, 0.6) is 0 Å². The second-order valence-electron chi connectivity index (χ2n) is 4.05. The molecule has 1 aromatic heterocycles. The number of aliphatic carboxylic acids is 1. The molecular weight excluding hydrogens is 274 g/mol. The molecule has 2 aromatic rings. The first-order valence-electron chi connectivity index (χ1n) is 6.05. The normalized spacial score (nSPS) is 10.2. The van der Waals surface area contributed by atoms with Crippen LogP contribution in [0.4, 0.5) is 0 Å². The molecule has 102 valence electrons. The molecule has 1 aromatic carbocycles. The van der Waals surface area contributed by atoms with Crippen LogP contribution in [0.1, 0.15) is 6.42 Å². The van der Waals surface area contributed by atoms with Crippen LogP contribution >= 0.6 is 11.8 Å². The summed E-state index contributed by atoms with van der Waals surface area (Å²) in [4.78, 5) is 10.7. The van der Waals surface area contributed by atoms with Crippen LogP contribution in [0, 0.1) is 11.3 Å². The molecular formula is C14H13N3O2S. The molecule has 0 spiro atoms. The molecule has 0 saturated heterocycles. The van der Waals surface area contributed by atoms with E-state index >= 15 is 0 Å². The van der Waals surface area contributed by atoms with E-state index in [0.29, 0.717) is 13.0 Å². The minimum Gasteiger partial charge on any atom is -0.481 e. The fourth-order valence-electron chi connectivity index (χ4n) is 1.72. The maximum atomic E-state index is 10.7. The number of aryl methyl sites for hydroxylation is 1. The first-order valence-corrected chi connectivity index (χ1v) is 7.04. The molecule has 0 aliphatic carbocycles. The van der Waals surface area contributed by atoms with Gasteiger partial charge in [-0.15, -0.1) is 0 Å². The minimum absolute atomic E-state index is 0.0214. The molecule has 5 nitrogen and oxygen atoms in total. The third-order valence-corrected chi connectivity index (χ3v) is 3.61. The van der Waals surface area contributed by atoms with E-state index < -0.39 is 5.97 Å². The summed E-state index contributed by atoms with van der Waals surface area (Å²) in [6.45, 7) is 0.464. The summed E-state index contributed by atoms with van der Waals surface area (Å²) < 4.78 is 1.69. The van der Waals surface area contributed by atoms with E-state index in [2.05, 4.69) is 11.2 Å². The summed E-state index contributed by atoms with van der Waals surface area (Å²) in [5.74, 6) is -0.892. The van der Waals surface area contributed by atoms with Crippen molar-refractivity contribution >= 4 is 17.7 Å². The Hall–Kier alpha value is -2.26. The lowest BCUT2D eigenvalue weighted by Gasteiger charge is -2.02. The van der Waals surface area contributed by atoms with Gasteiger partial charge in [0.25, 0.3) is 0 Å². The predicted octanol–water partition coefficient (Wildman–Crippen LogP) is 2.64. The van der Waals surface area contributed by atoms with Gasteiger partial charge in [-0.2, -0.15) is 10.4 Å². The van der Waals surface area contributed by atoms with Gasteiger partial charge in [0.1, 0.15) is 0 Å². The van der Waals surface area contributed by atoms with Crippen molar-refractivity contribution in [3.8, 4) is 17.3 Å². The van der Waals surface area contributed by atoms with Crippen molar-refractivity contribution in [2.24, 2.45) is 0 Å². The number of nitriles is 1. The number of thioether (sulfide) groups is 1. The Labute approximate surface area is 120 Å². The largest absolute Gasteiger partial charge is 0.481 e. The lowest BCUT2D eigenvalue weighted by molar-refractivity contribution is -0.133. The van der Waals surface area contributed by atoms with Gasteiger partial charge in [-0.05, 0) is 6.07 Å². The number of rotatable bonds is 6. The number of aromatic nitrogens is 2. The van der Waals surface area contributed by atoms with Crippen LogP contribution in [-0.2, 0) is 11.3 Å². The van der Waals surface area contributed by atoms with Crippen molar-refractivity contribution in [1.82, 2.24) is 9.78 Å². The summed E-state index contributed by atoms with van der Waals surface area (Å²) in [6.07, 6.45) is 0.344. The maximum Gasteiger partial charge on any atom is 0.313 e. The molecule has 0 fully saturated rings. The molecule has 0 amide bonds. The van der Waals surface area contributed by atoms with Crippen LogP contribution in [0.3, 0.4) is 0 Å². The number of hydrogen-bond acceptors (Lipinski definition) is 4. The van der Waals surface area contributed by atoms with Crippen LogP contribution in [0.15, 0.2) is 41.4 Å². The van der Waals surface area contributed by atoms with Crippen LogP contribution < -0.4 is 0 Å². The second kappa shape index (κ2) is 6.78. The van der Waals surface area contributed by atoms with Gasteiger partial charge in [-0.25, -0.2) is 0 Å². The zero-order valence-corrected chi connectivity index (χ0v) is 11.5. The van der Waals surface area contributed by atoms with Gasteiger partial charge in [0, 0.05) is 5.56 Å². The van der Waals surface area contributed by atoms with Crippen LogP contribution in [0.2, 0.25) is 0 Å². The highest BCUT2D eigenvalue weighted by molar-refractivity contribution is 7.99. The van der Waals surface area contributed by atoms with E-state index in [1.165, 1.54) is 11.8 Å². The highest BCUT2D eigenvalue weighted by Gasteiger charge is 2.11. The zero-order valence-electron chi connectivity index (χ0n) is 10.7. The van der Waals surface area contributed by atoms with Gasteiger partial charge in [-0.3, -0.25) is 9.48 Å². The summed E-state index contributed by atoms with van der Waals surface area (Å²) in [6, 6.07) is 13.6. The van der Waals surface area contributed by atoms with Crippen molar-refractivity contribution in [3.05, 3.63) is 36.4 Å². The van der Waals surface area contributed by atoms with Crippen molar-refractivity contribution in [2.75, 3.05) is 5.75 Å². The molecule has 1 heterocycles. The van der Waals surface area contributed by atoms with Crippen LogP contribution in [0.25, 0.3) is 11.3 Å². The zero-order chi connectivity index (χ0) is 14.4. The van der Waals surface area contributed by atoms with E-state index in [-0.39, 0.29) is 5.75 Å². The van der Waals surface area contributed by atoms with E-state index in [4.69, 9.17) is 10.4 Å². The Balaban J connectivity index is 2.26. The number of carboxylic acid groups (broad SMARTS) is 1. The first-order chi connectivity index (χ1) is 9.70. The first kappa shape index (κ1) is 14.2. The monoisotopic (exact) mass is 287 g/mol. The van der Waals surface area contributed by atoms with E-state index in [0.717, 1.165) is 16.3 Å². The van der Waals surface area contributed by atoms with Gasteiger partial charge < -0.3 is 5.11 Å². The van der Waals surface area contributed by atoms with Gasteiger partial charge in [0.15, 0.2) is 0 Å². The molecule has 0 unspecified atom stereocenters. The Morgan fingerprint density at radius 1 is 1.40 bits per heavy atom. The van der Waals surface area contributed by atoms with E-state index in [1.807, 2.05) is 36.4 Å². The third-order valence-electron chi connectivity index (χ3n) is 2.59.